The molecule has 0 aromatic heterocycles. The fourth-order valence-corrected chi connectivity index (χ4v) is 2.63. The second kappa shape index (κ2) is 7.50. The van der Waals surface area contributed by atoms with Gasteiger partial charge >= 0.3 is 0 Å². The summed E-state index contributed by atoms with van der Waals surface area (Å²) in [6.07, 6.45) is 1.65. The minimum atomic E-state index is 0.0940. The van der Waals surface area contributed by atoms with Crippen molar-refractivity contribution in [3.05, 3.63) is 56.5 Å². The van der Waals surface area contributed by atoms with E-state index in [1.165, 1.54) is 0 Å². The third-order valence-corrected chi connectivity index (χ3v) is 4.18. The van der Waals surface area contributed by atoms with Gasteiger partial charge in [0.15, 0.2) is 0 Å². The second-order valence-electron chi connectivity index (χ2n) is 4.80. The van der Waals surface area contributed by atoms with Crippen molar-refractivity contribution in [2.24, 2.45) is 5.73 Å². The van der Waals surface area contributed by atoms with Crippen molar-refractivity contribution < 1.29 is 4.74 Å². The van der Waals surface area contributed by atoms with Crippen molar-refractivity contribution in [3.8, 4) is 11.5 Å². The van der Waals surface area contributed by atoms with Crippen LogP contribution in [0.2, 0.25) is 10.0 Å². The van der Waals surface area contributed by atoms with Crippen LogP contribution in [0.15, 0.2) is 40.9 Å². The van der Waals surface area contributed by atoms with Crippen LogP contribution in [0.4, 0.5) is 0 Å². The Kier molecular flexibility index (Phi) is 5.94. The molecule has 0 aliphatic carbocycles. The van der Waals surface area contributed by atoms with Crippen molar-refractivity contribution in [3.63, 3.8) is 0 Å². The molecule has 1 atom stereocenters. The van der Waals surface area contributed by atoms with Gasteiger partial charge in [-0.15, -0.1) is 0 Å². The SMILES string of the molecule is CCC(N)Cc1cc(Br)ccc1Oc1cc(Cl)ccc1Cl. The average Bonchev–Trinajstić information content (AvgIpc) is 2.45. The highest BCUT2D eigenvalue weighted by molar-refractivity contribution is 9.10. The molecule has 0 aliphatic rings. The minimum absolute atomic E-state index is 0.0940. The van der Waals surface area contributed by atoms with E-state index in [-0.39, 0.29) is 6.04 Å². The van der Waals surface area contributed by atoms with Crippen LogP contribution < -0.4 is 10.5 Å². The van der Waals surface area contributed by atoms with Crippen LogP contribution >= 0.6 is 39.1 Å². The molecule has 1 unspecified atom stereocenters. The summed E-state index contributed by atoms with van der Waals surface area (Å²) < 4.78 is 6.92. The smallest absolute Gasteiger partial charge is 0.147 e. The third kappa shape index (κ3) is 4.62. The summed E-state index contributed by atoms with van der Waals surface area (Å²) in [7, 11) is 0. The van der Waals surface area contributed by atoms with Crippen molar-refractivity contribution in [2.45, 2.75) is 25.8 Å². The maximum absolute atomic E-state index is 6.15. The van der Waals surface area contributed by atoms with Gasteiger partial charge in [0, 0.05) is 21.6 Å². The van der Waals surface area contributed by atoms with E-state index in [1.807, 2.05) is 18.2 Å². The van der Waals surface area contributed by atoms with E-state index in [4.69, 9.17) is 33.7 Å². The maximum atomic E-state index is 6.15. The summed E-state index contributed by atoms with van der Waals surface area (Å²) in [6.45, 7) is 2.07. The summed E-state index contributed by atoms with van der Waals surface area (Å²) in [5, 5.41) is 1.10. The molecule has 2 N–H and O–H groups in total. The van der Waals surface area contributed by atoms with E-state index in [0.717, 1.165) is 28.6 Å². The molecule has 2 rings (SSSR count). The lowest BCUT2D eigenvalue weighted by Gasteiger charge is -2.15. The lowest BCUT2D eigenvalue weighted by atomic mass is 10.0. The maximum Gasteiger partial charge on any atom is 0.147 e. The minimum Gasteiger partial charge on any atom is -0.455 e. The van der Waals surface area contributed by atoms with Gasteiger partial charge in [0.05, 0.1) is 5.02 Å². The van der Waals surface area contributed by atoms with Crippen LogP contribution in [0.3, 0.4) is 0 Å². The lowest BCUT2D eigenvalue weighted by Crippen LogP contribution is -2.21. The normalized spacial score (nSPS) is 12.2. The number of benzene rings is 2. The first kappa shape index (κ1) is 16.6. The largest absolute Gasteiger partial charge is 0.455 e. The number of ether oxygens (including phenoxy) is 1. The van der Waals surface area contributed by atoms with Crippen LogP contribution in [-0.2, 0) is 6.42 Å². The van der Waals surface area contributed by atoms with Crippen molar-refractivity contribution in [1.82, 2.24) is 0 Å². The number of hydrogen-bond acceptors (Lipinski definition) is 2. The Morgan fingerprint density at radius 1 is 1.14 bits per heavy atom. The molecular formula is C16H16BrCl2NO. The van der Waals surface area contributed by atoms with Gasteiger partial charge in [0.1, 0.15) is 11.5 Å². The summed E-state index contributed by atoms with van der Waals surface area (Å²) >= 11 is 15.6. The zero-order valence-corrected chi connectivity index (χ0v) is 14.7. The summed E-state index contributed by atoms with van der Waals surface area (Å²) in [6, 6.07) is 11.1. The summed E-state index contributed by atoms with van der Waals surface area (Å²) in [4.78, 5) is 0. The number of nitrogens with two attached hydrogens (primary N) is 1. The van der Waals surface area contributed by atoms with Gasteiger partial charge in [-0.25, -0.2) is 0 Å². The molecule has 0 heterocycles. The first-order chi connectivity index (χ1) is 9.99. The molecule has 0 aliphatic heterocycles. The molecule has 0 bridgehead atoms. The molecule has 5 heteroatoms. The highest BCUT2D eigenvalue weighted by Crippen LogP contribution is 2.34. The fourth-order valence-electron chi connectivity index (χ4n) is 1.91. The summed E-state index contributed by atoms with van der Waals surface area (Å²) in [5.41, 5.74) is 7.09. The predicted molar refractivity (Wildman–Crippen MR) is 92.6 cm³/mol. The molecule has 0 saturated carbocycles. The Morgan fingerprint density at radius 2 is 1.90 bits per heavy atom. The molecule has 0 saturated heterocycles. The molecule has 0 spiro atoms. The van der Waals surface area contributed by atoms with E-state index < -0.39 is 0 Å². The first-order valence-corrected chi connectivity index (χ1v) is 8.21. The molecule has 0 amide bonds. The highest BCUT2D eigenvalue weighted by Gasteiger charge is 2.11. The zero-order valence-electron chi connectivity index (χ0n) is 11.6. The first-order valence-electron chi connectivity index (χ1n) is 6.66. The van der Waals surface area contributed by atoms with Crippen molar-refractivity contribution in [1.29, 1.82) is 0 Å². The predicted octanol–water partition coefficient (Wildman–Crippen LogP) is 5.83. The van der Waals surface area contributed by atoms with Gasteiger partial charge in [-0.2, -0.15) is 0 Å². The molecule has 0 fully saturated rings. The Morgan fingerprint density at radius 3 is 2.62 bits per heavy atom. The monoisotopic (exact) mass is 387 g/mol. The Balaban J connectivity index is 2.32. The topological polar surface area (TPSA) is 35.2 Å². The third-order valence-electron chi connectivity index (χ3n) is 3.14. The van der Waals surface area contributed by atoms with Gasteiger partial charge in [-0.3, -0.25) is 0 Å². The standard InChI is InChI=1S/C16H16BrCl2NO/c1-2-13(20)8-10-7-11(17)3-6-15(10)21-16-9-12(18)4-5-14(16)19/h3-7,9,13H,2,8,20H2,1H3. The van der Waals surface area contributed by atoms with Gasteiger partial charge in [-0.05, 0) is 48.7 Å². The van der Waals surface area contributed by atoms with E-state index in [0.29, 0.717) is 15.8 Å². The van der Waals surface area contributed by atoms with Crippen LogP contribution in [-0.4, -0.2) is 6.04 Å². The van der Waals surface area contributed by atoms with Gasteiger partial charge in [0.25, 0.3) is 0 Å². The Hall–Kier alpha value is -0.740. The van der Waals surface area contributed by atoms with E-state index in [9.17, 15) is 0 Å². The van der Waals surface area contributed by atoms with E-state index in [2.05, 4.69) is 22.9 Å². The lowest BCUT2D eigenvalue weighted by molar-refractivity contribution is 0.472. The number of rotatable bonds is 5. The molecule has 2 aromatic rings. The molecule has 2 aromatic carbocycles. The Bertz CT molecular complexity index is 634. The zero-order chi connectivity index (χ0) is 15.4. The second-order valence-corrected chi connectivity index (χ2v) is 6.56. The molecule has 2 nitrogen and oxygen atoms in total. The number of hydrogen-bond donors (Lipinski definition) is 1. The van der Waals surface area contributed by atoms with Gasteiger partial charge in [0.2, 0.25) is 0 Å². The number of halogens is 3. The van der Waals surface area contributed by atoms with Crippen LogP contribution in [0.25, 0.3) is 0 Å². The Labute approximate surface area is 143 Å². The molecular weight excluding hydrogens is 373 g/mol. The summed E-state index contributed by atoms with van der Waals surface area (Å²) in [5.74, 6) is 1.28. The van der Waals surface area contributed by atoms with Gasteiger partial charge < -0.3 is 10.5 Å². The molecule has 112 valence electrons. The van der Waals surface area contributed by atoms with Crippen LogP contribution in [0, 0.1) is 0 Å². The van der Waals surface area contributed by atoms with E-state index >= 15 is 0 Å². The molecule has 0 radical (unpaired) electrons. The van der Waals surface area contributed by atoms with E-state index in [1.54, 1.807) is 18.2 Å². The highest BCUT2D eigenvalue weighted by atomic mass is 79.9. The van der Waals surface area contributed by atoms with Gasteiger partial charge in [-0.1, -0.05) is 46.1 Å². The van der Waals surface area contributed by atoms with Crippen LogP contribution in [0.1, 0.15) is 18.9 Å². The average molecular weight is 389 g/mol. The van der Waals surface area contributed by atoms with Crippen LogP contribution in [0.5, 0.6) is 11.5 Å². The van der Waals surface area contributed by atoms with Crippen molar-refractivity contribution >= 4 is 39.1 Å². The fraction of sp³-hybridized carbons (Fsp3) is 0.250. The molecule has 21 heavy (non-hydrogen) atoms. The van der Waals surface area contributed by atoms with Crippen molar-refractivity contribution in [2.75, 3.05) is 0 Å². The quantitative estimate of drug-likeness (QED) is 0.699.